The van der Waals surface area contributed by atoms with Crippen LogP contribution >= 0.6 is 11.3 Å². The third kappa shape index (κ3) is 2.88. The molecule has 1 aliphatic carbocycles. The zero-order valence-corrected chi connectivity index (χ0v) is 16.9. The molecule has 0 spiro atoms. The fourth-order valence-corrected chi connectivity index (χ4v) is 5.95. The van der Waals surface area contributed by atoms with Crippen molar-refractivity contribution >= 4 is 22.1 Å². The normalized spacial score (nSPS) is 18.5. The average Bonchev–Trinajstić information content (AvgIpc) is 2.97. The van der Waals surface area contributed by atoms with Gasteiger partial charge in [-0.15, -0.1) is 11.3 Å². The Hall–Kier alpha value is -2.43. The lowest BCUT2D eigenvalue weighted by molar-refractivity contribution is 0.103. The second kappa shape index (κ2) is 6.87. The number of hydrogen-bond donors (Lipinski definition) is 1. The third-order valence-corrected chi connectivity index (χ3v) is 7.09. The van der Waals surface area contributed by atoms with Gasteiger partial charge >= 0.3 is 0 Å². The lowest BCUT2D eigenvalue weighted by Gasteiger charge is -2.33. The van der Waals surface area contributed by atoms with Gasteiger partial charge in [0.15, 0.2) is 5.78 Å². The molecule has 1 unspecified atom stereocenters. The van der Waals surface area contributed by atoms with Gasteiger partial charge in [0.1, 0.15) is 0 Å². The molecule has 2 heterocycles. The van der Waals surface area contributed by atoms with Gasteiger partial charge in [0.2, 0.25) is 0 Å². The molecule has 5 rings (SSSR count). The predicted octanol–water partition coefficient (Wildman–Crippen LogP) is 4.78. The number of thiophene rings is 1. The molecule has 0 fully saturated rings. The molecular weight excluding hydrogens is 364 g/mol. The molecule has 1 aromatic heterocycles. The summed E-state index contributed by atoms with van der Waals surface area (Å²) in [6.07, 6.45) is 1.90. The SMILES string of the molecule is CCc1ccc2c(c1)CC1CN(Cc3ccccc3)Cc3sc(N)c(c31)C2=O. The largest absolute Gasteiger partial charge is 0.390 e. The maximum absolute atomic E-state index is 13.3. The number of fused-ring (bicyclic) bond motifs is 1. The second-order valence-corrected chi connectivity index (χ2v) is 9.05. The lowest BCUT2D eigenvalue weighted by Crippen LogP contribution is -2.33. The van der Waals surface area contributed by atoms with E-state index in [-0.39, 0.29) is 5.78 Å². The summed E-state index contributed by atoms with van der Waals surface area (Å²) in [5.41, 5.74) is 13.0. The highest BCUT2D eigenvalue weighted by molar-refractivity contribution is 7.16. The fraction of sp³-hybridized carbons (Fsp3) is 0.292. The van der Waals surface area contributed by atoms with Crippen molar-refractivity contribution in [2.75, 3.05) is 12.3 Å². The Balaban J connectivity index is 1.56. The molecule has 142 valence electrons. The van der Waals surface area contributed by atoms with Crippen molar-refractivity contribution in [3.8, 4) is 0 Å². The molecule has 0 saturated carbocycles. The van der Waals surface area contributed by atoms with Crippen molar-refractivity contribution < 1.29 is 4.79 Å². The van der Waals surface area contributed by atoms with Crippen molar-refractivity contribution in [2.24, 2.45) is 0 Å². The second-order valence-electron chi connectivity index (χ2n) is 7.91. The third-order valence-electron chi connectivity index (χ3n) is 6.07. The highest BCUT2D eigenvalue weighted by atomic mass is 32.1. The summed E-state index contributed by atoms with van der Waals surface area (Å²) >= 11 is 1.61. The summed E-state index contributed by atoms with van der Waals surface area (Å²) in [4.78, 5) is 17.1. The number of carbonyl (C=O) groups is 1. The number of carbonyl (C=O) groups excluding carboxylic acids is 1. The molecule has 4 heteroatoms. The molecule has 28 heavy (non-hydrogen) atoms. The molecule has 1 atom stereocenters. The van der Waals surface area contributed by atoms with Gasteiger partial charge in [-0.2, -0.15) is 0 Å². The highest BCUT2D eigenvalue weighted by Gasteiger charge is 2.37. The number of anilines is 1. The molecule has 2 aliphatic rings. The Morgan fingerprint density at radius 1 is 1.14 bits per heavy atom. The molecule has 3 nitrogen and oxygen atoms in total. The van der Waals surface area contributed by atoms with Gasteiger partial charge < -0.3 is 5.73 Å². The molecule has 0 saturated heterocycles. The Bertz CT molecular complexity index is 1050. The van der Waals surface area contributed by atoms with Gasteiger partial charge in [-0.3, -0.25) is 9.69 Å². The van der Waals surface area contributed by atoms with Crippen LogP contribution in [0, 0.1) is 0 Å². The summed E-state index contributed by atoms with van der Waals surface area (Å²) in [6.45, 7) is 4.93. The number of aryl methyl sites for hydroxylation is 1. The standard InChI is InChI=1S/C24H24N2OS/c1-2-15-8-9-19-17(10-15)11-18-13-26(12-16-6-4-3-5-7-16)14-20-21(18)22(23(19)27)24(25)28-20/h3-10,18H,2,11-14,25H2,1H3. The Kier molecular flexibility index (Phi) is 4.33. The number of hydrogen-bond acceptors (Lipinski definition) is 4. The van der Waals surface area contributed by atoms with E-state index in [1.54, 1.807) is 11.3 Å². The number of nitrogens with zero attached hydrogens (tertiary/aromatic N) is 1. The Labute approximate surface area is 169 Å². The van der Waals surface area contributed by atoms with Crippen molar-refractivity contribution in [1.29, 1.82) is 0 Å². The number of ketones is 1. The van der Waals surface area contributed by atoms with Crippen LogP contribution in [0.3, 0.4) is 0 Å². The molecule has 3 aromatic rings. The Morgan fingerprint density at radius 2 is 1.96 bits per heavy atom. The van der Waals surface area contributed by atoms with E-state index in [9.17, 15) is 4.79 Å². The maximum atomic E-state index is 13.3. The molecule has 0 bridgehead atoms. The van der Waals surface area contributed by atoms with Crippen LogP contribution in [0.25, 0.3) is 0 Å². The van der Waals surface area contributed by atoms with E-state index in [0.29, 0.717) is 10.9 Å². The molecule has 2 N–H and O–H groups in total. The van der Waals surface area contributed by atoms with Crippen LogP contribution in [0.1, 0.15) is 55.9 Å². The van der Waals surface area contributed by atoms with E-state index in [1.165, 1.54) is 27.1 Å². The van der Waals surface area contributed by atoms with Crippen molar-refractivity contribution in [1.82, 2.24) is 4.90 Å². The van der Waals surface area contributed by atoms with Crippen LogP contribution in [-0.2, 0) is 25.9 Å². The van der Waals surface area contributed by atoms with Gasteiger partial charge in [0.05, 0.1) is 10.6 Å². The van der Waals surface area contributed by atoms with Crippen LogP contribution in [0.4, 0.5) is 5.00 Å². The lowest BCUT2D eigenvalue weighted by atomic mass is 9.88. The first-order valence-electron chi connectivity index (χ1n) is 9.97. The van der Waals surface area contributed by atoms with Crippen molar-refractivity contribution in [2.45, 2.75) is 38.8 Å². The van der Waals surface area contributed by atoms with E-state index in [1.807, 2.05) is 6.07 Å². The summed E-state index contributed by atoms with van der Waals surface area (Å²) in [5.74, 6) is 0.444. The smallest absolute Gasteiger partial charge is 0.196 e. The highest BCUT2D eigenvalue weighted by Crippen LogP contribution is 2.45. The molecule has 0 radical (unpaired) electrons. The molecule has 0 amide bonds. The average molecular weight is 389 g/mol. The number of benzene rings is 2. The van der Waals surface area contributed by atoms with E-state index in [0.717, 1.165) is 43.6 Å². The monoisotopic (exact) mass is 388 g/mol. The van der Waals surface area contributed by atoms with Gasteiger partial charge in [0.25, 0.3) is 0 Å². The van der Waals surface area contributed by atoms with Gasteiger partial charge in [0, 0.05) is 36.0 Å². The van der Waals surface area contributed by atoms with Gasteiger partial charge in [-0.05, 0) is 35.1 Å². The van der Waals surface area contributed by atoms with Gasteiger partial charge in [-0.25, -0.2) is 0 Å². The number of nitrogens with two attached hydrogens (primary N) is 1. The maximum Gasteiger partial charge on any atom is 0.196 e. The van der Waals surface area contributed by atoms with Crippen LogP contribution in [-0.4, -0.2) is 17.2 Å². The topological polar surface area (TPSA) is 46.3 Å². The van der Waals surface area contributed by atoms with E-state index < -0.39 is 0 Å². The van der Waals surface area contributed by atoms with Crippen LogP contribution in [0.2, 0.25) is 0 Å². The zero-order chi connectivity index (χ0) is 19.3. The Morgan fingerprint density at radius 3 is 2.75 bits per heavy atom. The van der Waals surface area contributed by atoms with Crippen LogP contribution in [0.5, 0.6) is 0 Å². The first-order chi connectivity index (χ1) is 13.6. The quantitative estimate of drug-likeness (QED) is 0.702. The van der Waals surface area contributed by atoms with Crippen molar-refractivity contribution in [3.63, 3.8) is 0 Å². The minimum Gasteiger partial charge on any atom is -0.390 e. The van der Waals surface area contributed by atoms with E-state index in [2.05, 4.69) is 54.3 Å². The summed E-state index contributed by atoms with van der Waals surface area (Å²) in [5, 5.41) is 0.689. The van der Waals surface area contributed by atoms with Crippen LogP contribution in [0.15, 0.2) is 48.5 Å². The van der Waals surface area contributed by atoms with Gasteiger partial charge in [-0.1, -0.05) is 55.5 Å². The zero-order valence-electron chi connectivity index (χ0n) is 16.1. The summed E-state index contributed by atoms with van der Waals surface area (Å²) < 4.78 is 0. The first-order valence-corrected chi connectivity index (χ1v) is 10.8. The summed E-state index contributed by atoms with van der Waals surface area (Å²) in [6, 6.07) is 16.9. The summed E-state index contributed by atoms with van der Waals surface area (Å²) in [7, 11) is 0. The fourth-order valence-electron chi connectivity index (χ4n) is 4.75. The molecule has 1 aliphatic heterocycles. The predicted molar refractivity (Wildman–Crippen MR) is 115 cm³/mol. The van der Waals surface area contributed by atoms with Crippen LogP contribution < -0.4 is 5.73 Å². The van der Waals surface area contributed by atoms with E-state index >= 15 is 0 Å². The molecule has 2 aromatic carbocycles. The minimum absolute atomic E-state index is 0.117. The van der Waals surface area contributed by atoms with E-state index in [4.69, 9.17) is 5.73 Å². The number of nitrogen functional groups attached to an aromatic ring is 1. The minimum atomic E-state index is 0.117. The van der Waals surface area contributed by atoms with Crippen molar-refractivity contribution in [3.05, 3.63) is 86.8 Å². The molecular formula is C24H24N2OS. The first kappa shape index (κ1) is 17.7. The number of rotatable bonds is 3.